The van der Waals surface area contributed by atoms with Crippen molar-refractivity contribution in [3.8, 4) is 0 Å². The van der Waals surface area contributed by atoms with Gasteiger partial charge in [0.15, 0.2) is 0 Å². The monoisotopic (exact) mass is 588 g/mol. The quantitative estimate of drug-likeness (QED) is 0.174. The molecule has 0 atom stereocenters. The van der Waals surface area contributed by atoms with Gasteiger partial charge in [-0.05, 0) is 38.9 Å². The third-order valence-corrected chi connectivity index (χ3v) is 10.5. The Balaban J connectivity index is 1.70. The molecule has 0 heterocycles. The first-order chi connectivity index (χ1) is 22.9. The number of hydrogen-bond acceptors (Lipinski definition) is 0. The Morgan fingerprint density at radius 1 is 0.239 bits per heavy atom. The molecule has 7 aromatic carbocycles. The van der Waals surface area contributed by atoms with Crippen LogP contribution >= 0.6 is 0 Å². The summed E-state index contributed by atoms with van der Waals surface area (Å²) in [4.78, 5) is 0. The van der Waals surface area contributed by atoms with Crippen LogP contribution < -0.4 is 0 Å². The second kappa shape index (κ2) is 11.5. The molecule has 1 aliphatic carbocycles. The second-order valence-electron chi connectivity index (χ2n) is 12.4. The SMILES string of the molecule is c1ccc(C2C(c3ccccc3)(c3ccccc3)C(c3ccccc3)(c3ccccc3)C2(c2ccccc2)c2ccccc2)cc1. The molecule has 46 heavy (non-hydrogen) atoms. The van der Waals surface area contributed by atoms with E-state index in [1.165, 1.54) is 38.9 Å². The molecule has 0 N–H and O–H groups in total. The van der Waals surface area contributed by atoms with Crippen LogP contribution in [0.15, 0.2) is 212 Å². The van der Waals surface area contributed by atoms with E-state index in [1.807, 2.05) is 0 Å². The molecule has 0 aliphatic heterocycles. The lowest BCUT2D eigenvalue weighted by Gasteiger charge is -2.77. The van der Waals surface area contributed by atoms with Crippen molar-refractivity contribution in [1.82, 2.24) is 0 Å². The zero-order chi connectivity index (χ0) is 30.9. The number of benzene rings is 7. The zero-order valence-corrected chi connectivity index (χ0v) is 25.8. The van der Waals surface area contributed by atoms with Crippen LogP contribution in [0.1, 0.15) is 44.9 Å². The van der Waals surface area contributed by atoms with E-state index in [4.69, 9.17) is 0 Å². The third-order valence-electron chi connectivity index (χ3n) is 10.5. The van der Waals surface area contributed by atoms with Crippen molar-refractivity contribution in [2.24, 2.45) is 0 Å². The lowest BCUT2D eigenvalue weighted by atomic mass is 9.22. The van der Waals surface area contributed by atoms with Gasteiger partial charge < -0.3 is 0 Å². The maximum Gasteiger partial charge on any atom is 0.0489 e. The fraction of sp³-hybridized carbons (Fsp3) is 0.0870. The first-order valence-electron chi connectivity index (χ1n) is 16.2. The van der Waals surface area contributed by atoms with Crippen LogP contribution in [0.3, 0.4) is 0 Å². The molecule has 0 unspecified atom stereocenters. The molecule has 8 rings (SSSR count). The van der Waals surface area contributed by atoms with Crippen molar-refractivity contribution in [3.05, 3.63) is 251 Å². The summed E-state index contributed by atoms with van der Waals surface area (Å²) in [6, 6.07) is 79.2. The molecular weight excluding hydrogens is 553 g/mol. The Kier molecular flexibility index (Phi) is 7.00. The van der Waals surface area contributed by atoms with Gasteiger partial charge in [-0.2, -0.15) is 0 Å². The molecular formula is C46H36. The Bertz CT molecular complexity index is 1790. The molecule has 0 amide bonds. The van der Waals surface area contributed by atoms with Crippen LogP contribution in [0.5, 0.6) is 0 Å². The fourth-order valence-corrected chi connectivity index (χ4v) is 9.26. The molecule has 0 heteroatoms. The van der Waals surface area contributed by atoms with E-state index in [-0.39, 0.29) is 5.92 Å². The van der Waals surface area contributed by atoms with Gasteiger partial charge in [-0.15, -0.1) is 0 Å². The highest BCUT2D eigenvalue weighted by atomic mass is 14.8. The molecule has 0 spiro atoms. The van der Waals surface area contributed by atoms with E-state index in [9.17, 15) is 0 Å². The largest absolute Gasteiger partial charge is 0.0622 e. The maximum absolute atomic E-state index is 2.37. The third kappa shape index (κ3) is 3.74. The van der Waals surface area contributed by atoms with Crippen molar-refractivity contribution >= 4 is 0 Å². The van der Waals surface area contributed by atoms with E-state index >= 15 is 0 Å². The minimum atomic E-state index is -0.575. The van der Waals surface area contributed by atoms with E-state index in [0.717, 1.165) is 0 Å². The van der Waals surface area contributed by atoms with Crippen LogP contribution in [0.4, 0.5) is 0 Å². The topological polar surface area (TPSA) is 0 Å². The van der Waals surface area contributed by atoms with Crippen LogP contribution in [0.2, 0.25) is 0 Å². The predicted octanol–water partition coefficient (Wildman–Crippen LogP) is 10.7. The van der Waals surface area contributed by atoms with E-state index in [0.29, 0.717) is 0 Å². The zero-order valence-electron chi connectivity index (χ0n) is 25.8. The lowest BCUT2D eigenvalue weighted by Crippen LogP contribution is -2.79. The number of hydrogen-bond donors (Lipinski definition) is 0. The van der Waals surface area contributed by atoms with Crippen molar-refractivity contribution in [3.63, 3.8) is 0 Å². The first-order valence-corrected chi connectivity index (χ1v) is 16.2. The van der Waals surface area contributed by atoms with Crippen LogP contribution in [-0.4, -0.2) is 0 Å². The van der Waals surface area contributed by atoms with Gasteiger partial charge in [-0.3, -0.25) is 0 Å². The summed E-state index contributed by atoms with van der Waals surface area (Å²) < 4.78 is 0. The average Bonchev–Trinajstić information content (AvgIpc) is 3.15. The Morgan fingerprint density at radius 3 is 0.717 bits per heavy atom. The van der Waals surface area contributed by atoms with Gasteiger partial charge in [0.2, 0.25) is 0 Å². The Labute approximate surface area is 272 Å². The summed E-state index contributed by atoms with van der Waals surface area (Å²) in [7, 11) is 0. The van der Waals surface area contributed by atoms with E-state index in [1.54, 1.807) is 0 Å². The van der Waals surface area contributed by atoms with Gasteiger partial charge in [0, 0.05) is 22.2 Å². The molecule has 0 saturated heterocycles. The predicted molar refractivity (Wildman–Crippen MR) is 190 cm³/mol. The van der Waals surface area contributed by atoms with Crippen molar-refractivity contribution < 1.29 is 0 Å². The van der Waals surface area contributed by atoms with Gasteiger partial charge in [-0.25, -0.2) is 0 Å². The first kappa shape index (κ1) is 28.0. The summed E-state index contributed by atoms with van der Waals surface area (Å²) >= 11 is 0. The number of rotatable bonds is 7. The minimum absolute atomic E-state index is 0.0243. The van der Waals surface area contributed by atoms with Gasteiger partial charge in [0.05, 0.1) is 0 Å². The molecule has 1 aliphatic rings. The highest BCUT2D eigenvalue weighted by Crippen LogP contribution is 2.82. The smallest absolute Gasteiger partial charge is 0.0489 e. The van der Waals surface area contributed by atoms with Crippen LogP contribution in [0.25, 0.3) is 0 Å². The summed E-state index contributed by atoms with van der Waals surface area (Å²) in [5, 5.41) is 0. The molecule has 0 nitrogen and oxygen atoms in total. The van der Waals surface area contributed by atoms with Crippen LogP contribution in [0, 0.1) is 0 Å². The molecule has 7 aromatic rings. The molecule has 0 radical (unpaired) electrons. The summed E-state index contributed by atoms with van der Waals surface area (Å²) in [6.45, 7) is 0. The fourth-order valence-electron chi connectivity index (χ4n) is 9.26. The van der Waals surface area contributed by atoms with Crippen molar-refractivity contribution in [2.75, 3.05) is 0 Å². The highest BCUT2D eigenvalue weighted by Gasteiger charge is 2.82. The summed E-state index contributed by atoms with van der Waals surface area (Å²) in [5.74, 6) is 0.0243. The van der Waals surface area contributed by atoms with Gasteiger partial charge in [0.25, 0.3) is 0 Å². The Hall–Kier alpha value is -5.46. The van der Waals surface area contributed by atoms with Crippen molar-refractivity contribution in [2.45, 2.75) is 22.2 Å². The minimum Gasteiger partial charge on any atom is -0.0622 e. The lowest BCUT2D eigenvalue weighted by molar-refractivity contribution is 0.00321. The second-order valence-corrected chi connectivity index (χ2v) is 12.4. The average molecular weight is 589 g/mol. The van der Waals surface area contributed by atoms with Gasteiger partial charge in [0.1, 0.15) is 0 Å². The molecule has 0 aromatic heterocycles. The van der Waals surface area contributed by atoms with Crippen LogP contribution in [-0.2, 0) is 16.2 Å². The normalized spacial score (nSPS) is 16.3. The highest BCUT2D eigenvalue weighted by molar-refractivity contribution is 5.75. The molecule has 1 saturated carbocycles. The van der Waals surface area contributed by atoms with E-state index in [2.05, 4.69) is 212 Å². The summed E-state index contributed by atoms with van der Waals surface area (Å²) in [6.07, 6.45) is 0. The molecule has 220 valence electrons. The van der Waals surface area contributed by atoms with Gasteiger partial charge in [-0.1, -0.05) is 212 Å². The summed E-state index contributed by atoms with van der Waals surface area (Å²) in [5.41, 5.74) is 7.57. The van der Waals surface area contributed by atoms with Crippen molar-refractivity contribution in [1.29, 1.82) is 0 Å². The van der Waals surface area contributed by atoms with E-state index < -0.39 is 16.2 Å². The molecule has 0 bridgehead atoms. The maximum atomic E-state index is 2.37. The Morgan fingerprint density at radius 2 is 0.457 bits per heavy atom. The standard InChI is InChI=1S/C46H36/c1-8-22-36(23-9-1)43-44(37-24-10-2-11-25-37,38-26-12-3-13-27-38)46(41-32-18-6-19-33-41,42-34-20-7-21-35-42)45(43,39-28-14-4-15-29-39)40-30-16-5-17-31-40/h1-35,43H. The molecule has 1 fully saturated rings. The van der Waals surface area contributed by atoms with Gasteiger partial charge >= 0.3 is 0 Å².